The minimum atomic E-state index is -0.932. The van der Waals surface area contributed by atoms with Crippen molar-refractivity contribution in [1.82, 2.24) is 25.2 Å². The average molecular weight is 496 g/mol. The van der Waals surface area contributed by atoms with Crippen LogP contribution in [0.5, 0.6) is 0 Å². The first-order chi connectivity index (χ1) is 16.9. The molecule has 2 heterocycles. The van der Waals surface area contributed by atoms with Crippen molar-refractivity contribution in [2.45, 2.75) is 65.5 Å². The van der Waals surface area contributed by atoms with Gasteiger partial charge in [-0.05, 0) is 56.1 Å². The van der Waals surface area contributed by atoms with Crippen molar-refractivity contribution in [2.75, 3.05) is 17.6 Å². The van der Waals surface area contributed by atoms with Crippen LogP contribution in [0.25, 0.3) is 0 Å². The van der Waals surface area contributed by atoms with Crippen molar-refractivity contribution in [3.8, 4) is 0 Å². The van der Waals surface area contributed by atoms with Crippen LogP contribution in [0.1, 0.15) is 57.8 Å². The predicted octanol–water partition coefficient (Wildman–Crippen LogP) is 3.08. The first kappa shape index (κ1) is 25.3. The van der Waals surface area contributed by atoms with Crippen LogP contribution in [0.2, 0.25) is 0 Å². The second kappa shape index (κ2) is 9.71. The van der Waals surface area contributed by atoms with Crippen LogP contribution in [0, 0.1) is 18.3 Å². The number of esters is 1. The lowest BCUT2D eigenvalue weighted by molar-refractivity contribution is -0.149. The Morgan fingerprint density at radius 2 is 1.83 bits per heavy atom. The molecule has 1 aromatic carbocycles. The van der Waals surface area contributed by atoms with Crippen LogP contribution in [0.15, 0.2) is 24.3 Å². The molecule has 1 saturated carbocycles. The van der Waals surface area contributed by atoms with Gasteiger partial charge in [0.15, 0.2) is 12.4 Å². The maximum Gasteiger partial charge on any atom is 0.326 e. The van der Waals surface area contributed by atoms with Crippen LogP contribution in [-0.2, 0) is 20.9 Å². The summed E-state index contributed by atoms with van der Waals surface area (Å²) in [7, 11) is 0. The van der Waals surface area contributed by atoms with Crippen molar-refractivity contribution in [1.29, 1.82) is 0 Å². The first-order valence-corrected chi connectivity index (χ1v) is 12.1. The summed E-state index contributed by atoms with van der Waals surface area (Å²) in [6.07, 6.45) is 2.80. The van der Waals surface area contributed by atoms with E-state index in [-0.39, 0.29) is 35.7 Å². The number of rotatable bonds is 6. The standard InChI is InChI=1S/C25H33N7O4/c1-15-5-7-17(8-6-15)27-22-29-18(28-21(26)30-22)14-36-19(33)13-32-20(34)25(31-23(32)35)11-9-16(10-12-25)24(2,3)4/h5-8,16H,9-14H2,1-4H3,(H,31,35)(H3,26,27,28,29,30). The zero-order valence-electron chi connectivity index (χ0n) is 21.1. The van der Waals surface area contributed by atoms with Crippen LogP contribution < -0.4 is 16.4 Å². The fraction of sp³-hybridized carbons (Fsp3) is 0.520. The number of amides is 3. The van der Waals surface area contributed by atoms with Gasteiger partial charge < -0.3 is 21.1 Å². The highest BCUT2D eigenvalue weighted by Crippen LogP contribution is 2.43. The Balaban J connectivity index is 1.34. The molecule has 192 valence electrons. The van der Waals surface area contributed by atoms with E-state index in [0.717, 1.165) is 29.0 Å². The lowest BCUT2D eigenvalue weighted by Gasteiger charge is -2.40. The fourth-order valence-electron chi connectivity index (χ4n) is 4.78. The topological polar surface area (TPSA) is 152 Å². The van der Waals surface area contributed by atoms with E-state index in [0.29, 0.717) is 18.8 Å². The van der Waals surface area contributed by atoms with E-state index < -0.39 is 24.1 Å². The molecule has 1 aromatic heterocycles. The van der Waals surface area contributed by atoms with E-state index in [4.69, 9.17) is 10.5 Å². The van der Waals surface area contributed by atoms with E-state index in [2.05, 4.69) is 46.4 Å². The number of nitrogens with two attached hydrogens (primary N) is 1. The van der Waals surface area contributed by atoms with Gasteiger partial charge in [0.2, 0.25) is 11.9 Å². The number of imide groups is 1. The van der Waals surface area contributed by atoms with Gasteiger partial charge in [0.1, 0.15) is 12.1 Å². The maximum absolute atomic E-state index is 13.1. The number of benzene rings is 1. The average Bonchev–Trinajstić information content (AvgIpc) is 3.02. The molecule has 36 heavy (non-hydrogen) atoms. The number of nitrogen functional groups attached to an aromatic ring is 1. The highest BCUT2D eigenvalue weighted by Gasteiger charge is 2.53. The molecule has 0 atom stereocenters. The monoisotopic (exact) mass is 495 g/mol. The van der Waals surface area contributed by atoms with Gasteiger partial charge in [-0.25, -0.2) is 4.79 Å². The van der Waals surface area contributed by atoms with Gasteiger partial charge in [-0.3, -0.25) is 14.5 Å². The van der Waals surface area contributed by atoms with Crippen LogP contribution >= 0.6 is 0 Å². The van der Waals surface area contributed by atoms with Crippen molar-refractivity contribution in [2.24, 2.45) is 11.3 Å². The summed E-state index contributed by atoms with van der Waals surface area (Å²) < 4.78 is 5.25. The molecule has 11 heteroatoms. The van der Waals surface area contributed by atoms with E-state index in [1.807, 2.05) is 31.2 Å². The molecule has 1 aliphatic carbocycles. The molecule has 11 nitrogen and oxygen atoms in total. The number of urea groups is 1. The predicted molar refractivity (Wildman–Crippen MR) is 133 cm³/mol. The van der Waals surface area contributed by atoms with E-state index in [9.17, 15) is 14.4 Å². The Bertz CT molecular complexity index is 1150. The zero-order valence-corrected chi connectivity index (χ0v) is 21.1. The van der Waals surface area contributed by atoms with Crippen molar-refractivity contribution in [3.63, 3.8) is 0 Å². The molecule has 3 amide bonds. The second-order valence-electron chi connectivity index (χ2n) is 10.6. The summed E-state index contributed by atoms with van der Waals surface area (Å²) in [5, 5.41) is 5.86. The van der Waals surface area contributed by atoms with Gasteiger partial charge in [-0.2, -0.15) is 15.0 Å². The van der Waals surface area contributed by atoms with Crippen LogP contribution in [-0.4, -0.2) is 49.8 Å². The van der Waals surface area contributed by atoms with Crippen molar-refractivity contribution < 1.29 is 19.1 Å². The number of hydrogen-bond donors (Lipinski definition) is 3. The Morgan fingerprint density at radius 1 is 1.17 bits per heavy atom. The number of nitrogens with zero attached hydrogens (tertiary/aromatic N) is 4. The molecular formula is C25H33N7O4. The molecule has 1 saturated heterocycles. The van der Waals surface area contributed by atoms with Crippen LogP contribution in [0.4, 0.5) is 22.4 Å². The SMILES string of the molecule is Cc1ccc(Nc2nc(N)nc(COC(=O)CN3C(=O)NC4(CCC(C(C)(C)C)CC4)C3=O)n2)cc1. The van der Waals surface area contributed by atoms with Gasteiger partial charge in [0.25, 0.3) is 5.91 Å². The summed E-state index contributed by atoms with van der Waals surface area (Å²) in [6, 6.07) is 7.04. The maximum atomic E-state index is 13.1. The van der Waals surface area contributed by atoms with E-state index >= 15 is 0 Å². The Hall–Kier alpha value is -3.76. The largest absolute Gasteiger partial charge is 0.456 e. The number of aromatic nitrogens is 3. The smallest absolute Gasteiger partial charge is 0.326 e. The molecule has 2 fully saturated rings. The number of nitrogens with one attached hydrogen (secondary N) is 2. The van der Waals surface area contributed by atoms with Gasteiger partial charge in [-0.1, -0.05) is 38.5 Å². The third-order valence-electron chi connectivity index (χ3n) is 6.97. The van der Waals surface area contributed by atoms with E-state index in [1.54, 1.807) is 0 Å². The molecule has 0 radical (unpaired) electrons. The van der Waals surface area contributed by atoms with E-state index in [1.165, 1.54) is 0 Å². The van der Waals surface area contributed by atoms with Crippen molar-refractivity contribution >= 4 is 35.5 Å². The summed E-state index contributed by atoms with van der Waals surface area (Å²) in [5.74, 6) is -0.326. The summed E-state index contributed by atoms with van der Waals surface area (Å²) in [4.78, 5) is 51.4. The second-order valence-corrected chi connectivity index (χ2v) is 10.6. The number of aryl methyl sites for hydroxylation is 1. The minimum Gasteiger partial charge on any atom is -0.456 e. The molecule has 1 spiro atoms. The summed E-state index contributed by atoms with van der Waals surface area (Å²) in [6.45, 7) is 7.78. The number of carbonyl (C=O) groups is 3. The Labute approximate surface area is 210 Å². The molecule has 4 N–H and O–H groups in total. The van der Waals surface area contributed by atoms with Gasteiger partial charge in [0, 0.05) is 5.69 Å². The highest BCUT2D eigenvalue weighted by atomic mass is 16.5. The third kappa shape index (κ3) is 5.55. The minimum absolute atomic E-state index is 0.0347. The fourth-order valence-corrected chi connectivity index (χ4v) is 4.78. The molecule has 2 aliphatic rings. The normalized spacial score (nSPS) is 22.0. The number of carbonyl (C=O) groups excluding carboxylic acids is 3. The molecule has 0 bridgehead atoms. The molecule has 2 aromatic rings. The Morgan fingerprint density at radius 3 is 2.47 bits per heavy atom. The lowest BCUT2D eigenvalue weighted by atomic mass is 9.67. The number of anilines is 3. The Kier molecular flexibility index (Phi) is 6.83. The number of ether oxygens (including phenoxy) is 1. The molecule has 4 rings (SSSR count). The molecule has 0 unspecified atom stereocenters. The third-order valence-corrected chi connectivity index (χ3v) is 6.97. The van der Waals surface area contributed by atoms with Gasteiger partial charge >= 0.3 is 12.0 Å². The number of hydrogen-bond acceptors (Lipinski definition) is 9. The van der Waals surface area contributed by atoms with Gasteiger partial charge in [-0.15, -0.1) is 0 Å². The van der Waals surface area contributed by atoms with Gasteiger partial charge in [0.05, 0.1) is 0 Å². The lowest BCUT2D eigenvalue weighted by Crippen LogP contribution is -2.50. The first-order valence-electron chi connectivity index (χ1n) is 12.1. The van der Waals surface area contributed by atoms with Crippen LogP contribution in [0.3, 0.4) is 0 Å². The summed E-state index contributed by atoms with van der Waals surface area (Å²) >= 11 is 0. The highest BCUT2D eigenvalue weighted by molar-refractivity contribution is 6.08. The molecule has 1 aliphatic heterocycles. The quantitative estimate of drug-likeness (QED) is 0.405. The zero-order chi connectivity index (χ0) is 26.1. The molecular weight excluding hydrogens is 462 g/mol. The summed E-state index contributed by atoms with van der Waals surface area (Å²) in [5.41, 5.74) is 6.86. The van der Waals surface area contributed by atoms with Crippen molar-refractivity contribution in [3.05, 3.63) is 35.7 Å².